The van der Waals surface area contributed by atoms with Crippen LogP contribution in [0.3, 0.4) is 0 Å². The summed E-state index contributed by atoms with van der Waals surface area (Å²) in [4.78, 5) is 24.9. The Kier molecular flexibility index (Phi) is 6.99. The smallest absolute Gasteiger partial charge is 0.243 e. The number of ether oxygens (including phenoxy) is 1. The van der Waals surface area contributed by atoms with Crippen molar-refractivity contribution in [3.63, 3.8) is 0 Å². The highest BCUT2D eigenvalue weighted by Gasteiger charge is 2.22. The van der Waals surface area contributed by atoms with Crippen LogP contribution in [-0.2, 0) is 9.59 Å². The van der Waals surface area contributed by atoms with E-state index in [0.29, 0.717) is 35.7 Å². The minimum absolute atomic E-state index is 0.0778. The average Bonchev–Trinajstić information content (AvgIpc) is 3.36. The summed E-state index contributed by atoms with van der Waals surface area (Å²) >= 11 is 0. The molecule has 34 heavy (non-hydrogen) atoms. The van der Waals surface area contributed by atoms with E-state index in [1.165, 1.54) is 5.01 Å². The maximum atomic E-state index is 12.5. The fraction of sp³-hybridized carbons (Fsp3) is 0.185. The van der Waals surface area contributed by atoms with Crippen LogP contribution in [0.1, 0.15) is 36.0 Å². The maximum absolute atomic E-state index is 12.5. The van der Waals surface area contributed by atoms with E-state index >= 15 is 0 Å². The summed E-state index contributed by atoms with van der Waals surface area (Å²) in [6, 6.07) is 24.0. The van der Waals surface area contributed by atoms with E-state index in [1.807, 2.05) is 43.3 Å². The molecule has 1 heterocycles. The molecule has 0 saturated heterocycles. The third-order valence-electron chi connectivity index (χ3n) is 5.45. The van der Waals surface area contributed by atoms with E-state index < -0.39 is 0 Å². The Morgan fingerprint density at radius 3 is 2.47 bits per heavy atom. The molecule has 3 aromatic carbocycles. The normalized spacial score (nSPS) is 12.6. The average molecular weight is 453 g/mol. The van der Waals surface area contributed by atoms with Gasteiger partial charge in [-0.2, -0.15) is 10.4 Å². The van der Waals surface area contributed by atoms with Gasteiger partial charge >= 0.3 is 0 Å². The van der Waals surface area contributed by atoms with Crippen LogP contribution in [-0.4, -0.2) is 29.1 Å². The number of amides is 2. The number of nitriles is 1. The van der Waals surface area contributed by atoms with Crippen LogP contribution in [0.5, 0.6) is 11.5 Å². The molecule has 170 valence electrons. The molecule has 0 fully saturated rings. The lowest BCUT2D eigenvalue weighted by Crippen LogP contribution is -2.25. The highest BCUT2D eigenvalue weighted by molar-refractivity contribution is 6.02. The Bertz CT molecular complexity index is 1260. The molecule has 2 amide bonds. The number of carbonyl (C=O) groups excluding carboxylic acids is 2. The summed E-state index contributed by atoms with van der Waals surface area (Å²) in [6.07, 6.45) is 0.878. The van der Waals surface area contributed by atoms with Crippen LogP contribution in [0.2, 0.25) is 0 Å². The molecule has 0 saturated carbocycles. The molecular weight excluding hydrogens is 428 g/mol. The number of nitrogens with zero attached hydrogens (tertiary/aromatic N) is 3. The van der Waals surface area contributed by atoms with Gasteiger partial charge in [0, 0.05) is 24.9 Å². The molecule has 4 rings (SSSR count). The van der Waals surface area contributed by atoms with Gasteiger partial charge in [-0.05, 0) is 60.5 Å². The summed E-state index contributed by atoms with van der Waals surface area (Å²) in [7, 11) is 0. The number of hydrazone groups is 1. The maximum Gasteiger partial charge on any atom is 0.243 e. The molecule has 3 aromatic rings. The minimum atomic E-state index is -0.233. The van der Waals surface area contributed by atoms with Crippen molar-refractivity contribution in [2.45, 2.75) is 26.2 Å². The van der Waals surface area contributed by atoms with Crippen molar-refractivity contribution in [1.82, 2.24) is 5.01 Å². The van der Waals surface area contributed by atoms with E-state index in [-0.39, 0.29) is 24.7 Å². The topological polar surface area (TPSA) is 94.8 Å². The Morgan fingerprint density at radius 1 is 1.03 bits per heavy atom. The van der Waals surface area contributed by atoms with E-state index in [0.717, 1.165) is 16.8 Å². The summed E-state index contributed by atoms with van der Waals surface area (Å²) in [5, 5.41) is 17.6. The number of carbonyl (C=O) groups is 2. The van der Waals surface area contributed by atoms with Gasteiger partial charge in [-0.3, -0.25) is 9.59 Å². The molecule has 0 aromatic heterocycles. The first-order valence-electron chi connectivity index (χ1n) is 11.0. The molecule has 0 unspecified atom stereocenters. The predicted molar refractivity (Wildman–Crippen MR) is 130 cm³/mol. The number of rotatable bonds is 7. The van der Waals surface area contributed by atoms with Gasteiger partial charge in [-0.1, -0.05) is 30.3 Å². The van der Waals surface area contributed by atoms with Crippen molar-refractivity contribution < 1.29 is 14.3 Å². The third kappa shape index (κ3) is 5.67. The van der Waals surface area contributed by atoms with Gasteiger partial charge in [0.05, 0.1) is 23.9 Å². The van der Waals surface area contributed by atoms with Gasteiger partial charge in [0.15, 0.2) is 0 Å². The largest absolute Gasteiger partial charge is 0.457 e. The Hall–Kier alpha value is -4.44. The fourth-order valence-electron chi connectivity index (χ4n) is 3.61. The molecule has 7 heteroatoms. The number of nitrogens with one attached hydrogen (secondary N) is 1. The third-order valence-corrected chi connectivity index (χ3v) is 5.45. The molecule has 0 radical (unpaired) electrons. The number of benzene rings is 3. The quantitative estimate of drug-likeness (QED) is 0.545. The van der Waals surface area contributed by atoms with Crippen molar-refractivity contribution in [1.29, 1.82) is 5.26 Å². The zero-order valence-corrected chi connectivity index (χ0v) is 18.8. The summed E-state index contributed by atoms with van der Waals surface area (Å²) < 4.78 is 5.81. The highest BCUT2D eigenvalue weighted by atomic mass is 16.5. The summed E-state index contributed by atoms with van der Waals surface area (Å²) in [5.41, 5.74) is 3.96. The molecule has 0 bridgehead atoms. The van der Waals surface area contributed by atoms with Crippen molar-refractivity contribution in [3.8, 4) is 17.6 Å². The molecule has 1 aliphatic heterocycles. The van der Waals surface area contributed by atoms with Crippen LogP contribution >= 0.6 is 0 Å². The van der Waals surface area contributed by atoms with Crippen molar-refractivity contribution in [3.05, 3.63) is 89.5 Å². The Morgan fingerprint density at radius 2 is 1.76 bits per heavy atom. The molecule has 1 aliphatic rings. The first kappa shape index (κ1) is 22.7. The van der Waals surface area contributed by atoms with E-state index in [4.69, 9.17) is 10.00 Å². The van der Waals surface area contributed by atoms with Gasteiger partial charge in [-0.15, -0.1) is 0 Å². The lowest BCUT2D eigenvalue weighted by atomic mass is 10.1. The molecule has 7 nitrogen and oxygen atoms in total. The zero-order valence-electron chi connectivity index (χ0n) is 18.8. The first-order chi connectivity index (χ1) is 16.5. The van der Waals surface area contributed by atoms with Crippen molar-refractivity contribution in [2.75, 3.05) is 11.9 Å². The zero-order chi connectivity index (χ0) is 23.9. The second-order valence-electron chi connectivity index (χ2n) is 7.94. The van der Waals surface area contributed by atoms with Gasteiger partial charge in [0.2, 0.25) is 11.8 Å². The summed E-state index contributed by atoms with van der Waals surface area (Å²) in [5.74, 6) is 0.845. The predicted octanol–water partition coefficient (Wildman–Crippen LogP) is 5.01. The van der Waals surface area contributed by atoms with Crippen LogP contribution in [0, 0.1) is 18.3 Å². The SMILES string of the molecule is Cc1cc(Oc2ccc(C#N)cc2)ccc1NC(=O)CCC(=O)N1CCC(c2ccccc2)=N1. The summed E-state index contributed by atoms with van der Waals surface area (Å²) in [6.45, 7) is 2.40. The fourth-order valence-corrected chi connectivity index (χ4v) is 3.61. The van der Waals surface area contributed by atoms with Gasteiger partial charge < -0.3 is 10.1 Å². The Balaban J connectivity index is 1.28. The van der Waals surface area contributed by atoms with Crippen LogP contribution in [0.15, 0.2) is 77.9 Å². The number of anilines is 1. The van der Waals surface area contributed by atoms with Crippen molar-refractivity contribution >= 4 is 23.2 Å². The van der Waals surface area contributed by atoms with E-state index in [2.05, 4.69) is 16.5 Å². The van der Waals surface area contributed by atoms with Gasteiger partial charge in [-0.25, -0.2) is 5.01 Å². The number of aryl methyl sites for hydroxylation is 1. The van der Waals surface area contributed by atoms with E-state index in [1.54, 1.807) is 36.4 Å². The molecule has 0 atom stereocenters. The monoisotopic (exact) mass is 452 g/mol. The van der Waals surface area contributed by atoms with Gasteiger partial charge in [0.1, 0.15) is 11.5 Å². The molecule has 0 spiro atoms. The van der Waals surface area contributed by atoms with Crippen LogP contribution in [0.4, 0.5) is 5.69 Å². The van der Waals surface area contributed by atoms with E-state index in [9.17, 15) is 9.59 Å². The molecule has 0 aliphatic carbocycles. The second kappa shape index (κ2) is 10.5. The Labute approximate surface area is 198 Å². The lowest BCUT2D eigenvalue weighted by molar-refractivity contribution is -0.132. The molecule has 1 N–H and O–H groups in total. The minimum Gasteiger partial charge on any atom is -0.457 e. The standard InChI is InChI=1S/C27H24N4O3/c1-19-17-23(34-22-9-7-20(18-28)8-10-22)11-12-24(19)29-26(32)13-14-27(33)31-16-15-25(30-31)21-5-3-2-4-6-21/h2-12,17H,13-16H2,1H3,(H,29,32). The lowest BCUT2D eigenvalue weighted by Gasteiger charge is -2.13. The molecular formula is C27H24N4O3. The second-order valence-corrected chi connectivity index (χ2v) is 7.94. The van der Waals surface area contributed by atoms with Crippen molar-refractivity contribution in [2.24, 2.45) is 5.10 Å². The highest BCUT2D eigenvalue weighted by Crippen LogP contribution is 2.26. The van der Waals surface area contributed by atoms with Crippen LogP contribution < -0.4 is 10.1 Å². The number of hydrogen-bond acceptors (Lipinski definition) is 5. The first-order valence-corrected chi connectivity index (χ1v) is 11.0. The van der Waals surface area contributed by atoms with Crippen LogP contribution in [0.25, 0.3) is 0 Å². The number of hydrogen-bond donors (Lipinski definition) is 1. The van der Waals surface area contributed by atoms with Gasteiger partial charge in [0.25, 0.3) is 0 Å².